The van der Waals surface area contributed by atoms with Crippen LogP contribution >= 0.6 is 0 Å². The molecule has 1 aliphatic carbocycles. The van der Waals surface area contributed by atoms with Gasteiger partial charge >= 0.3 is 0 Å². The van der Waals surface area contributed by atoms with E-state index in [4.69, 9.17) is 0 Å². The zero-order chi connectivity index (χ0) is 13.8. The lowest BCUT2D eigenvalue weighted by atomic mass is 9.92. The summed E-state index contributed by atoms with van der Waals surface area (Å²) >= 11 is 0. The maximum atomic E-state index is 9.94. The molecule has 1 heterocycles. The van der Waals surface area contributed by atoms with Gasteiger partial charge in [-0.15, -0.1) is 0 Å². The van der Waals surface area contributed by atoms with E-state index in [9.17, 15) is 5.11 Å². The summed E-state index contributed by atoms with van der Waals surface area (Å²) in [5, 5.41) is 17.6. The van der Waals surface area contributed by atoms with Crippen molar-refractivity contribution in [3.8, 4) is 5.69 Å². The fourth-order valence-electron chi connectivity index (χ4n) is 2.79. The van der Waals surface area contributed by atoms with Gasteiger partial charge < -0.3 is 10.4 Å². The highest BCUT2D eigenvalue weighted by Crippen LogP contribution is 2.19. The lowest BCUT2D eigenvalue weighted by molar-refractivity contribution is 0.0902. The van der Waals surface area contributed by atoms with Crippen LogP contribution in [-0.2, 0) is 6.54 Å². The van der Waals surface area contributed by atoms with E-state index in [-0.39, 0.29) is 12.1 Å². The normalized spacial score (nSPS) is 22.9. The van der Waals surface area contributed by atoms with Crippen molar-refractivity contribution in [3.63, 3.8) is 0 Å². The summed E-state index contributed by atoms with van der Waals surface area (Å²) in [6.07, 6.45) is 7.89. The summed E-state index contributed by atoms with van der Waals surface area (Å²) in [4.78, 5) is 0. The molecule has 1 saturated carbocycles. The molecule has 106 valence electrons. The Morgan fingerprint density at radius 1 is 1.20 bits per heavy atom. The average Bonchev–Trinajstić information content (AvgIpc) is 3.01. The Morgan fingerprint density at radius 2 is 2.00 bits per heavy atom. The van der Waals surface area contributed by atoms with Gasteiger partial charge in [0.15, 0.2) is 0 Å². The molecule has 2 atom stereocenters. The highest BCUT2D eigenvalue weighted by atomic mass is 16.3. The van der Waals surface area contributed by atoms with Gasteiger partial charge in [-0.2, -0.15) is 5.10 Å². The smallest absolute Gasteiger partial charge is 0.0693 e. The molecule has 1 aromatic carbocycles. The lowest BCUT2D eigenvalue weighted by Crippen LogP contribution is -2.41. The molecule has 0 radical (unpaired) electrons. The molecule has 0 unspecified atom stereocenters. The topological polar surface area (TPSA) is 50.1 Å². The van der Waals surface area contributed by atoms with E-state index in [0.29, 0.717) is 0 Å². The molecule has 0 saturated heterocycles. The third-order valence-corrected chi connectivity index (χ3v) is 4.00. The van der Waals surface area contributed by atoms with E-state index in [2.05, 4.69) is 34.7 Å². The van der Waals surface area contributed by atoms with Crippen LogP contribution in [0.1, 0.15) is 31.2 Å². The standard InChI is InChI=1S/C16H21N3O/c20-16-5-2-1-4-15(16)17-12-13-6-8-14(9-7-13)19-11-3-10-18-19/h3,6-11,15-17,20H,1-2,4-5,12H2/t15-,16-/m1/s1. The quantitative estimate of drug-likeness (QED) is 0.897. The molecule has 0 amide bonds. The predicted molar refractivity (Wildman–Crippen MR) is 78.7 cm³/mol. The first-order chi connectivity index (χ1) is 9.83. The molecule has 1 aromatic heterocycles. The van der Waals surface area contributed by atoms with E-state index >= 15 is 0 Å². The molecule has 1 fully saturated rings. The minimum Gasteiger partial charge on any atom is -0.392 e. The number of hydrogen-bond acceptors (Lipinski definition) is 3. The zero-order valence-corrected chi connectivity index (χ0v) is 11.6. The molecule has 2 aromatic rings. The molecule has 0 spiro atoms. The van der Waals surface area contributed by atoms with Crippen LogP contribution in [-0.4, -0.2) is 27.0 Å². The number of rotatable bonds is 4. The fraction of sp³-hybridized carbons (Fsp3) is 0.438. The maximum Gasteiger partial charge on any atom is 0.0693 e. The monoisotopic (exact) mass is 271 g/mol. The highest BCUT2D eigenvalue weighted by Gasteiger charge is 2.21. The number of aliphatic hydroxyl groups is 1. The van der Waals surface area contributed by atoms with Crippen LogP contribution < -0.4 is 5.32 Å². The van der Waals surface area contributed by atoms with Crippen molar-refractivity contribution >= 4 is 0 Å². The van der Waals surface area contributed by atoms with Crippen LogP contribution in [0.25, 0.3) is 5.69 Å². The van der Waals surface area contributed by atoms with Crippen molar-refractivity contribution in [2.75, 3.05) is 0 Å². The number of nitrogens with zero attached hydrogens (tertiary/aromatic N) is 2. The van der Waals surface area contributed by atoms with Gasteiger partial charge in [-0.3, -0.25) is 0 Å². The number of aliphatic hydroxyl groups excluding tert-OH is 1. The summed E-state index contributed by atoms with van der Waals surface area (Å²) in [6.45, 7) is 0.807. The Morgan fingerprint density at radius 3 is 2.70 bits per heavy atom. The minimum absolute atomic E-state index is 0.188. The minimum atomic E-state index is -0.188. The summed E-state index contributed by atoms with van der Waals surface area (Å²) < 4.78 is 1.85. The van der Waals surface area contributed by atoms with E-state index in [1.54, 1.807) is 6.20 Å². The average molecular weight is 271 g/mol. The summed E-state index contributed by atoms with van der Waals surface area (Å²) in [7, 11) is 0. The van der Waals surface area contributed by atoms with Crippen molar-refractivity contribution < 1.29 is 5.11 Å². The second kappa shape index (κ2) is 6.20. The summed E-state index contributed by atoms with van der Waals surface area (Å²) in [5.74, 6) is 0. The zero-order valence-electron chi connectivity index (χ0n) is 11.6. The van der Waals surface area contributed by atoms with Gasteiger partial charge in [0.2, 0.25) is 0 Å². The number of benzene rings is 1. The van der Waals surface area contributed by atoms with Gasteiger partial charge in [0.1, 0.15) is 0 Å². The van der Waals surface area contributed by atoms with Crippen molar-refractivity contribution in [3.05, 3.63) is 48.3 Å². The number of aromatic nitrogens is 2. The maximum absolute atomic E-state index is 9.94. The number of nitrogens with one attached hydrogen (secondary N) is 1. The molecular formula is C16H21N3O. The van der Waals surface area contributed by atoms with Crippen LogP contribution in [0, 0.1) is 0 Å². The van der Waals surface area contributed by atoms with E-state index in [1.165, 1.54) is 12.0 Å². The van der Waals surface area contributed by atoms with E-state index in [0.717, 1.165) is 31.5 Å². The largest absolute Gasteiger partial charge is 0.392 e. The van der Waals surface area contributed by atoms with Crippen LogP contribution in [0.4, 0.5) is 0 Å². The molecule has 4 nitrogen and oxygen atoms in total. The second-order valence-corrected chi connectivity index (χ2v) is 5.46. The van der Waals surface area contributed by atoms with Crippen LogP contribution in [0.15, 0.2) is 42.7 Å². The molecule has 4 heteroatoms. The fourth-order valence-corrected chi connectivity index (χ4v) is 2.79. The molecule has 0 bridgehead atoms. The third-order valence-electron chi connectivity index (χ3n) is 4.00. The Labute approximate surface area is 119 Å². The SMILES string of the molecule is O[C@@H]1CCCC[C@H]1NCc1ccc(-n2cccn2)cc1. The Balaban J connectivity index is 1.58. The van der Waals surface area contributed by atoms with Gasteiger partial charge in [0.05, 0.1) is 11.8 Å². The molecule has 20 heavy (non-hydrogen) atoms. The predicted octanol–water partition coefficient (Wildman–Crippen LogP) is 2.27. The molecule has 3 rings (SSSR count). The summed E-state index contributed by atoms with van der Waals surface area (Å²) in [5.41, 5.74) is 2.30. The highest BCUT2D eigenvalue weighted by molar-refractivity contribution is 5.33. The molecule has 1 aliphatic rings. The van der Waals surface area contributed by atoms with Crippen molar-refractivity contribution in [2.24, 2.45) is 0 Å². The number of hydrogen-bond donors (Lipinski definition) is 2. The van der Waals surface area contributed by atoms with Gasteiger partial charge in [-0.05, 0) is 36.6 Å². The third kappa shape index (κ3) is 3.08. The first-order valence-electron chi connectivity index (χ1n) is 7.33. The Hall–Kier alpha value is -1.65. The van der Waals surface area contributed by atoms with Gasteiger partial charge in [0.25, 0.3) is 0 Å². The van der Waals surface area contributed by atoms with Crippen molar-refractivity contribution in [2.45, 2.75) is 44.4 Å². The van der Waals surface area contributed by atoms with Crippen LogP contribution in [0.5, 0.6) is 0 Å². The van der Waals surface area contributed by atoms with E-state index < -0.39 is 0 Å². The summed E-state index contributed by atoms with van der Waals surface area (Å²) in [6, 6.07) is 10.5. The molecular weight excluding hydrogens is 250 g/mol. The van der Waals surface area contributed by atoms with E-state index in [1.807, 2.05) is 16.9 Å². The second-order valence-electron chi connectivity index (χ2n) is 5.46. The van der Waals surface area contributed by atoms with Crippen molar-refractivity contribution in [1.82, 2.24) is 15.1 Å². The lowest BCUT2D eigenvalue weighted by Gasteiger charge is -2.28. The van der Waals surface area contributed by atoms with Gasteiger partial charge in [-0.1, -0.05) is 25.0 Å². The van der Waals surface area contributed by atoms with Crippen LogP contribution in [0.3, 0.4) is 0 Å². The Bertz CT molecular complexity index is 521. The first kappa shape index (κ1) is 13.3. The molecule has 2 N–H and O–H groups in total. The van der Waals surface area contributed by atoms with Crippen molar-refractivity contribution in [1.29, 1.82) is 0 Å². The van der Waals surface area contributed by atoms with Gasteiger partial charge in [0, 0.05) is 25.0 Å². The Kier molecular flexibility index (Phi) is 4.14. The van der Waals surface area contributed by atoms with Crippen LogP contribution in [0.2, 0.25) is 0 Å². The van der Waals surface area contributed by atoms with Gasteiger partial charge in [-0.25, -0.2) is 4.68 Å². The molecule has 0 aliphatic heterocycles. The first-order valence-corrected chi connectivity index (χ1v) is 7.33.